The van der Waals surface area contributed by atoms with Crippen LogP contribution in [0.1, 0.15) is 94.6 Å². The van der Waals surface area contributed by atoms with E-state index in [0.717, 1.165) is 11.1 Å². The summed E-state index contributed by atoms with van der Waals surface area (Å²) in [5.74, 6) is -4.40. The van der Waals surface area contributed by atoms with Gasteiger partial charge in [-0.3, -0.25) is 19.2 Å². The maximum absolute atomic E-state index is 13.6. The van der Waals surface area contributed by atoms with Crippen molar-refractivity contribution in [3.63, 3.8) is 0 Å². The van der Waals surface area contributed by atoms with E-state index >= 15 is 0 Å². The van der Waals surface area contributed by atoms with Gasteiger partial charge in [0.05, 0.1) is 12.1 Å². The third kappa shape index (κ3) is 12.7. The highest BCUT2D eigenvalue weighted by atomic mass is 19.4. The zero-order valence-corrected chi connectivity index (χ0v) is 27.9. The summed E-state index contributed by atoms with van der Waals surface area (Å²) in [7, 11) is 0. The SMILES string of the molecule is CC(=O)CCC(NC(=O)[C@H](C)CC(=O)[C@H](Cc1ccccc1)NC(=O)[C@@H](CC(=O)c1ccc(C(C)C)cc1)C(C)C)C(O)C(F)(F)F. The van der Waals surface area contributed by atoms with Crippen molar-refractivity contribution in [2.24, 2.45) is 17.8 Å². The maximum atomic E-state index is 13.6. The number of hydrogen-bond acceptors (Lipinski definition) is 6. The van der Waals surface area contributed by atoms with Crippen molar-refractivity contribution in [1.29, 1.82) is 0 Å². The Labute approximate surface area is 274 Å². The number of amides is 2. The van der Waals surface area contributed by atoms with E-state index in [0.29, 0.717) is 11.5 Å². The highest BCUT2D eigenvalue weighted by Gasteiger charge is 2.44. The van der Waals surface area contributed by atoms with Crippen LogP contribution in [0.15, 0.2) is 54.6 Å². The molecule has 0 saturated carbocycles. The summed E-state index contributed by atoms with van der Waals surface area (Å²) >= 11 is 0. The molecule has 5 atom stereocenters. The minimum absolute atomic E-state index is 0.0846. The molecule has 8 nitrogen and oxygen atoms in total. The van der Waals surface area contributed by atoms with Crippen LogP contribution >= 0.6 is 0 Å². The summed E-state index contributed by atoms with van der Waals surface area (Å²) < 4.78 is 39.8. The Morgan fingerprint density at radius 1 is 0.809 bits per heavy atom. The van der Waals surface area contributed by atoms with E-state index in [9.17, 15) is 42.3 Å². The quantitative estimate of drug-likeness (QED) is 0.175. The number of hydrogen-bond donors (Lipinski definition) is 3. The lowest BCUT2D eigenvalue weighted by Gasteiger charge is -2.27. The first kappa shape index (κ1) is 39.3. The van der Waals surface area contributed by atoms with Crippen molar-refractivity contribution >= 4 is 29.2 Å². The molecule has 0 spiro atoms. The molecule has 2 aromatic carbocycles. The van der Waals surface area contributed by atoms with E-state index in [2.05, 4.69) is 10.6 Å². The van der Waals surface area contributed by atoms with Crippen LogP contribution in [0.2, 0.25) is 0 Å². The van der Waals surface area contributed by atoms with Crippen LogP contribution in [-0.2, 0) is 25.6 Å². The Bertz CT molecular complexity index is 1360. The number of rotatable bonds is 18. The van der Waals surface area contributed by atoms with Gasteiger partial charge in [-0.15, -0.1) is 0 Å². The molecule has 0 radical (unpaired) electrons. The van der Waals surface area contributed by atoms with Gasteiger partial charge in [-0.1, -0.05) is 89.2 Å². The normalized spacial score (nSPS) is 15.0. The molecular weight excluding hydrogens is 613 g/mol. The van der Waals surface area contributed by atoms with Gasteiger partial charge in [0.15, 0.2) is 17.7 Å². The van der Waals surface area contributed by atoms with E-state index in [1.165, 1.54) is 13.8 Å². The molecule has 0 saturated heterocycles. The molecule has 0 fully saturated rings. The zero-order chi connectivity index (χ0) is 35.5. The highest BCUT2D eigenvalue weighted by Crippen LogP contribution is 2.25. The molecule has 2 unspecified atom stereocenters. The van der Waals surface area contributed by atoms with Crippen LogP contribution in [0, 0.1) is 17.8 Å². The van der Waals surface area contributed by atoms with E-state index < -0.39 is 72.4 Å². The molecule has 0 aliphatic carbocycles. The number of benzene rings is 2. The summed E-state index contributed by atoms with van der Waals surface area (Å²) in [6.45, 7) is 10.2. The van der Waals surface area contributed by atoms with Crippen molar-refractivity contribution in [3.8, 4) is 0 Å². The van der Waals surface area contributed by atoms with Crippen molar-refractivity contribution < 1.29 is 42.3 Å². The minimum atomic E-state index is -5.04. The fourth-order valence-corrected chi connectivity index (χ4v) is 5.13. The number of nitrogens with one attached hydrogen (secondary N) is 2. The van der Waals surface area contributed by atoms with E-state index in [4.69, 9.17) is 0 Å². The summed E-state index contributed by atoms with van der Waals surface area (Å²) in [5.41, 5.74) is 2.28. The summed E-state index contributed by atoms with van der Waals surface area (Å²) in [6, 6.07) is 13.2. The van der Waals surface area contributed by atoms with E-state index in [1.807, 2.05) is 26.0 Å². The topological polar surface area (TPSA) is 130 Å². The van der Waals surface area contributed by atoms with E-state index in [-0.39, 0.29) is 31.0 Å². The van der Waals surface area contributed by atoms with E-state index in [1.54, 1.807) is 56.3 Å². The van der Waals surface area contributed by atoms with Gasteiger partial charge in [0.2, 0.25) is 11.8 Å². The molecule has 2 rings (SSSR count). The standard InChI is InChI=1S/C36H47F3N2O6/c1-21(2)26-13-15-27(16-14-26)31(43)20-28(22(3)4)35(47)41-30(19-25-10-8-7-9-11-25)32(44)18-23(5)34(46)40-29(17-12-24(6)42)33(45)36(37,38)39/h7-11,13-16,21-23,28-30,33,45H,12,17-20H2,1-6H3,(H,40,46)(H,41,47)/t23-,28+,29?,30+,33?/m1/s1. The Kier molecular flexibility index (Phi) is 15.0. The predicted octanol–water partition coefficient (Wildman–Crippen LogP) is 5.76. The fourth-order valence-electron chi connectivity index (χ4n) is 5.13. The molecule has 2 aromatic rings. The Morgan fingerprint density at radius 3 is 1.91 bits per heavy atom. The molecule has 2 amide bonds. The van der Waals surface area contributed by atoms with Crippen LogP contribution in [0.5, 0.6) is 0 Å². The van der Waals surface area contributed by atoms with Crippen LogP contribution in [-0.4, -0.2) is 58.6 Å². The smallest absolute Gasteiger partial charge is 0.382 e. The number of aliphatic hydroxyl groups excluding tert-OH is 1. The number of halogens is 3. The van der Waals surface area contributed by atoms with Gasteiger partial charge in [-0.25, -0.2) is 0 Å². The number of carbonyl (C=O) groups is 5. The second kappa shape index (κ2) is 17.9. The molecule has 258 valence electrons. The van der Waals surface area contributed by atoms with Gasteiger partial charge >= 0.3 is 6.18 Å². The largest absolute Gasteiger partial charge is 0.416 e. The minimum Gasteiger partial charge on any atom is -0.382 e. The van der Waals surface area contributed by atoms with Crippen molar-refractivity contribution in [3.05, 3.63) is 71.3 Å². The second-order valence-corrected chi connectivity index (χ2v) is 12.9. The lowest BCUT2D eigenvalue weighted by molar-refractivity contribution is -0.213. The first-order chi connectivity index (χ1) is 21.9. The first-order valence-electron chi connectivity index (χ1n) is 15.9. The third-order valence-electron chi connectivity index (χ3n) is 8.24. The van der Waals surface area contributed by atoms with Gasteiger partial charge in [-0.05, 0) is 42.7 Å². The average molecular weight is 661 g/mol. The lowest BCUT2D eigenvalue weighted by atomic mass is 9.87. The molecule has 0 aliphatic heterocycles. The zero-order valence-electron chi connectivity index (χ0n) is 27.9. The summed E-state index contributed by atoms with van der Waals surface area (Å²) in [4.78, 5) is 64.7. The Morgan fingerprint density at radius 2 is 1.40 bits per heavy atom. The van der Waals surface area contributed by atoms with Gasteiger partial charge in [0.25, 0.3) is 0 Å². The van der Waals surface area contributed by atoms with Gasteiger partial charge < -0.3 is 20.5 Å². The van der Waals surface area contributed by atoms with Crippen molar-refractivity contribution in [2.75, 3.05) is 0 Å². The fraction of sp³-hybridized carbons (Fsp3) is 0.528. The number of Topliss-reactive ketones (excluding diaryl/α,β-unsaturated/α-hetero) is 3. The molecule has 47 heavy (non-hydrogen) atoms. The van der Waals surface area contributed by atoms with Crippen LogP contribution in [0.3, 0.4) is 0 Å². The van der Waals surface area contributed by atoms with Crippen LogP contribution in [0.25, 0.3) is 0 Å². The maximum Gasteiger partial charge on any atom is 0.416 e. The van der Waals surface area contributed by atoms with Crippen molar-refractivity contribution in [2.45, 2.75) is 104 Å². The van der Waals surface area contributed by atoms with Crippen LogP contribution < -0.4 is 10.6 Å². The number of alkyl halides is 3. The molecule has 0 aromatic heterocycles. The molecule has 0 heterocycles. The number of carbonyl (C=O) groups excluding carboxylic acids is 5. The number of ketones is 3. The third-order valence-corrected chi connectivity index (χ3v) is 8.24. The van der Waals surface area contributed by atoms with Gasteiger partial charge in [0, 0.05) is 36.7 Å². The molecular formula is C36H47F3N2O6. The summed E-state index contributed by atoms with van der Waals surface area (Å²) in [5, 5.41) is 14.7. The second-order valence-electron chi connectivity index (χ2n) is 12.9. The Balaban J connectivity index is 2.22. The van der Waals surface area contributed by atoms with Crippen LogP contribution in [0.4, 0.5) is 13.2 Å². The lowest BCUT2D eigenvalue weighted by Crippen LogP contribution is -2.52. The monoisotopic (exact) mass is 660 g/mol. The molecule has 0 bridgehead atoms. The number of aliphatic hydroxyl groups is 1. The average Bonchev–Trinajstić information content (AvgIpc) is 3.00. The van der Waals surface area contributed by atoms with Gasteiger partial charge in [-0.2, -0.15) is 13.2 Å². The molecule has 11 heteroatoms. The van der Waals surface area contributed by atoms with Crippen molar-refractivity contribution in [1.82, 2.24) is 10.6 Å². The molecule has 0 aliphatic rings. The Hall–Kier alpha value is -3.86. The molecule has 3 N–H and O–H groups in total. The summed E-state index contributed by atoms with van der Waals surface area (Å²) in [6.07, 6.45) is -9.08. The highest BCUT2D eigenvalue weighted by molar-refractivity contribution is 5.99. The predicted molar refractivity (Wildman–Crippen MR) is 173 cm³/mol. The first-order valence-corrected chi connectivity index (χ1v) is 15.9. The van der Waals surface area contributed by atoms with Gasteiger partial charge in [0.1, 0.15) is 5.78 Å².